The second kappa shape index (κ2) is 5.25. The van der Waals surface area contributed by atoms with Gasteiger partial charge in [-0.1, -0.05) is 11.6 Å². The van der Waals surface area contributed by atoms with Crippen molar-refractivity contribution in [3.05, 3.63) is 17.0 Å². The highest BCUT2D eigenvalue weighted by Crippen LogP contribution is 2.30. The number of hydrogen-bond donors (Lipinski definition) is 1. The van der Waals surface area contributed by atoms with Crippen LogP contribution in [0, 0.1) is 13.8 Å². The predicted octanol–water partition coefficient (Wildman–Crippen LogP) is 2.57. The number of aromatic nitrogens is 1. The summed E-state index contributed by atoms with van der Waals surface area (Å²) in [7, 11) is 0. The Morgan fingerprint density at radius 3 is 2.84 bits per heavy atom. The van der Waals surface area contributed by atoms with Gasteiger partial charge in [0.1, 0.15) is 5.76 Å². The Balaban J connectivity index is 1.68. The number of nitrogens with one attached hydrogen (secondary N) is 1. The fourth-order valence-electron chi connectivity index (χ4n) is 3.95. The Morgan fingerprint density at radius 2 is 2.11 bits per heavy atom. The molecular weight excluding hydrogens is 238 g/mol. The summed E-state index contributed by atoms with van der Waals surface area (Å²) >= 11 is 0. The Hall–Kier alpha value is -0.870. The van der Waals surface area contributed by atoms with E-state index in [1.54, 1.807) is 0 Å². The van der Waals surface area contributed by atoms with Gasteiger partial charge in [0, 0.05) is 30.2 Å². The molecule has 2 aliphatic rings. The van der Waals surface area contributed by atoms with Crippen LogP contribution >= 0.6 is 0 Å². The number of fused-ring (bicyclic) bond motifs is 1. The van der Waals surface area contributed by atoms with Crippen molar-refractivity contribution in [2.75, 3.05) is 13.1 Å². The molecule has 2 fully saturated rings. The lowest BCUT2D eigenvalue weighted by molar-refractivity contribution is 0.177. The van der Waals surface area contributed by atoms with Crippen molar-refractivity contribution in [1.82, 2.24) is 15.4 Å². The van der Waals surface area contributed by atoms with E-state index in [0.29, 0.717) is 12.1 Å². The standard InChI is InChI=1S/C15H25N3O/c1-10(15-11(2)17-19-12(15)3)16-13-7-9-18-8-5-4-6-14(13)18/h10,13-14,16H,4-9H2,1-3H3. The highest BCUT2D eigenvalue weighted by Gasteiger charge is 2.36. The lowest BCUT2D eigenvalue weighted by atomic mass is 9.97. The van der Waals surface area contributed by atoms with E-state index >= 15 is 0 Å². The zero-order valence-electron chi connectivity index (χ0n) is 12.3. The maximum Gasteiger partial charge on any atom is 0.138 e. The quantitative estimate of drug-likeness (QED) is 0.910. The van der Waals surface area contributed by atoms with Crippen LogP contribution < -0.4 is 5.32 Å². The first-order valence-corrected chi connectivity index (χ1v) is 7.59. The highest BCUT2D eigenvalue weighted by molar-refractivity contribution is 5.24. The Morgan fingerprint density at radius 1 is 1.26 bits per heavy atom. The molecular formula is C15H25N3O. The molecule has 0 spiro atoms. The molecule has 3 atom stereocenters. The van der Waals surface area contributed by atoms with E-state index in [0.717, 1.165) is 17.5 Å². The topological polar surface area (TPSA) is 41.3 Å². The third kappa shape index (κ3) is 2.43. The summed E-state index contributed by atoms with van der Waals surface area (Å²) in [5, 5.41) is 7.89. The van der Waals surface area contributed by atoms with E-state index < -0.39 is 0 Å². The summed E-state index contributed by atoms with van der Waals surface area (Å²) in [6.07, 6.45) is 5.39. The summed E-state index contributed by atoms with van der Waals surface area (Å²) in [5.41, 5.74) is 2.27. The monoisotopic (exact) mass is 263 g/mol. The molecule has 2 aliphatic heterocycles. The first kappa shape index (κ1) is 13.1. The largest absolute Gasteiger partial charge is 0.361 e. The van der Waals surface area contributed by atoms with Gasteiger partial charge >= 0.3 is 0 Å². The second-order valence-electron chi connectivity index (χ2n) is 6.12. The Labute approximate surface area is 115 Å². The third-order valence-electron chi connectivity index (χ3n) is 4.84. The molecule has 0 aromatic carbocycles. The summed E-state index contributed by atoms with van der Waals surface area (Å²) < 4.78 is 5.29. The number of nitrogens with zero attached hydrogens (tertiary/aromatic N) is 2. The smallest absolute Gasteiger partial charge is 0.138 e. The van der Waals surface area contributed by atoms with Crippen molar-refractivity contribution in [2.45, 2.75) is 64.6 Å². The maximum absolute atomic E-state index is 5.29. The van der Waals surface area contributed by atoms with Crippen LogP contribution in [0.4, 0.5) is 0 Å². The normalized spacial score (nSPS) is 29.4. The number of rotatable bonds is 3. The third-order valence-corrected chi connectivity index (χ3v) is 4.84. The van der Waals surface area contributed by atoms with Gasteiger partial charge in [0.15, 0.2) is 0 Å². The summed E-state index contributed by atoms with van der Waals surface area (Å²) in [6.45, 7) is 8.83. The van der Waals surface area contributed by atoms with Crippen LogP contribution in [0.5, 0.6) is 0 Å². The average Bonchev–Trinajstić information content (AvgIpc) is 2.94. The lowest BCUT2D eigenvalue weighted by Gasteiger charge is -2.33. The summed E-state index contributed by atoms with van der Waals surface area (Å²) in [5.74, 6) is 0.955. The molecule has 4 nitrogen and oxygen atoms in total. The number of aryl methyl sites for hydroxylation is 2. The van der Waals surface area contributed by atoms with Gasteiger partial charge in [0.2, 0.25) is 0 Å². The van der Waals surface area contributed by atoms with E-state index in [4.69, 9.17) is 4.52 Å². The molecule has 0 radical (unpaired) electrons. The van der Waals surface area contributed by atoms with Crippen molar-refractivity contribution in [1.29, 1.82) is 0 Å². The predicted molar refractivity (Wildman–Crippen MR) is 75.1 cm³/mol. The molecule has 1 N–H and O–H groups in total. The molecule has 3 rings (SSSR count). The minimum Gasteiger partial charge on any atom is -0.361 e. The molecule has 2 saturated heterocycles. The minimum atomic E-state index is 0.332. The van der Waals surface area contributed by atoms with Gasteiger partial charge in [-0.25, -0.2) is 0 Å². The molecule has 0 bridgehead atoms. The van der Waals surface area contributed by atoms with Crippen LogP contribution in [0.15, 0.2) is 4.52 Å². The molecule has 4 heteroatoms. The van der Waals surface area contributed by atoms with Crippen LogP contribution in [0.2, 0.25) is 0 Å². The first-order valence-electron chi connectivity index (χ1n) is 7.59. The van der Waals surface area contributed by atoms with Crippen molar-refractivity contribution < 1.29 is 4.52 Å². The zero-order valence-corrected chi connectivity index (χ0v) is 12.3. The van der Waals surface area contributed by atoms with E-state index in [1.807, 2.05) is 13.8 Å². The molecule has 0 amide bonds. The van der Waals surface area contributed by atoms with Crippen molar-refractivity contribution >= 4 is 0 Å². The van der Waals surface area contributed by atoms with Gasteiger partial charge in [-0.15, -0.1) is 0 Å². The minimum absolute atomic E-state index is 0.332. The SMILES string of the molecule is Cc1noc(C)c1C(C)NC1CCN2CCCCC12. The number of hydrogen-bond acceptors (Lipinski definition) is 4. The average molecular weight is 263 g/mol. The Kier molecular flexibility index (Phi) is 3.63. The van der Waals surface area contributed by atoms with Gasteiger partial charge in [-0.05, 0) is 46.6 Å². The summed E-state index contributed by atoms with van der Waals surface area (Å²) in [6, 6.07) is 1.71. The Bertz CT molecular complexity index is 423. The maximum atomic E-state index is 5.29. The van der Waals surface area contributed by atoms with E-state index in [1.165, 1.54) is 44.3 Å². The summed E-state index contributed by atoms with van der Waals surface area (Å²) in [4.78, 5) is 2.67. The van der Waals surface area contributed by atoms with Crippen molar-refractivity contribution in [2.24, 2.45) is 0 Å². The fraction of sp³-hybridized carbons (Fsp3) is 0.800. The van der Waals surface area contributed by atoms with Gasteiger partial charge in [0.25, 0.3) is 0 Å². The van der Waals surface area contributed by atoms with E-state index in [9.17, 15) is 0 Å². The lowest BCUT2D eigenvalue weighted by Crippen LogP contribution is -2.45. The van der Waals surface area contributed by atoms with Crippen LogP contribution in [0.3, 0.4) is 0 Å². The van der Waals surface area contributed by atoms with Crippen LogP contribution in [-0.2, 0) is 0 Å². The molecule has 1 aromatic heterocycles. The second-order valence-corrected chi connectivity index (χ2v) is 6.12. The van der Waals surface area contributed by atoms with Crippen molar-refractivity contribution in [3.63, 3.8) is 0 Å². The van der Waals surface area contributed by atoms with Crippen molar-refractivity contribution in [3.8, 4) is 0 Å². The molecule has 0 aliphatic carbocycles. The zero-order chi connectivity index (χ0) is 13.4. The van der Waals surface area contributed by atoms with Crippen LogP contribution in [0.1, 0.15) is 55.7 Å². The first-order chi connectivity index (χ1) is 9.16. The highest BCUT2D eigenvalue weighted by atomic mass is 16.5. The van der Waals surface area contributed by atoms with Gasteiger partial charge in [-0.2, -0.15) is 0 Å². The molecule has 3 unspecified atom stereocenters. The molecule has 3 heterocycles. The van der Waals surface area contributed by atoms with Gasteiger partial charge < -0.3 is 9.84 Å². The fourth-order valence-corrected chi connectivity index (χ4v) is 3.95. The van der Waals surface area contributed by atoms with Crippen LogP contribution in [0.25, 0.3) is 0 Å². The molecule has 106 valence electrons. The van der Waals surface area contributed by atoms with Gasteiger partial charge in [-0.3, -0.25) is 4.90 Å². The molecule has 0 saturated carbocycles. The number of piperidine rings is 1. The van der Waals surface area contributed by atoms with E-state index in [2.05, 4.69) is 22.3 Å². The van der Waals surface area contributed by atoms with E-state index in [-0.39, 0.29) is 0 Å². The van der Waals surface area contributed by atoms with Gasteiger partial charge in [0.05, 0.1) is 5.69 Å². The molecule has 1 aromatic rings. The van der Waals surface area contributed by atoms with Crippen LogP contribution in [-0.4, -0.2) is 35.2 Å². The molecule has 19 heavy (non-hydrogen) atoms.